The fraction of sp³-hybridized carbons (Fsp3) is 0.833. The molecule has 16 heavy (non-hydrogen) atoms. The predicted octanol–water partition coefficient (Wildman–Crippen LogP) is 2.10. The number of hydrazone groups is 1. The van der Waals surface area contributed by atoms with Crippen LogP contribution in [0.15, 0.2) is 5.10 Å². The number of nitrogens with two attached hydrogens (primary N) is 1. The molecule has 0 aromatic rings. The van der Waals surface area contributed by atoms with Gasteiger partial charge in [-0.15, -0.1) is 0 Å². The van der Waals surface area contributed by atoms with Crippen LogP contribution < -0.4 is 11.2 Å². The molecule has 0 heterocycles. The van der Waals surface area contributed by atoms with Crippen molar-refractivity contribution < 1.29 is 4.79 Å². The van der Waals surface area contributed by atoms with Crippen molar-refractivity contribution in [1.29, 1.82) is 0 Å². The van der Waals surface area contributed by atoms with Crippen molar-refractivity contribution in [2.75, 3.05) is 0 Å². The number of carbonyl (C=O) groups excluding carboxylic acids is 1. The van der Waals surface area contributed by atoms with Crippen molar-refractivity contribution in [1.82, 2.24) is 5.43 Å². The number of rotatable bonds is 3. The number of primary amides is 1. The van der Waals surface area contributed by atoms with Gasteiger partial charge in [0.15, 0.2) is 0 Å². The first-order valence-corrected chi connectivity index (χ1v) is 6.08. The van der Waals surface area contributed by atoms with E-state index in [-0.39, 0.29) is 0 Å². The number of fused-ring (bicyclic) bond motifs is 2. The highest BCUT2D eigenvalue weighted by molar-refractivity contribution is 5.72. The van der Waals surface area contributed by atoms with E-state index in [2.05, 4.69) is 24.4 Å². The summed E-state index contributed by atoms with van der Waals surface area (Å²) in [6.07, 6.45) is 6.90. The molecule has 3 N–H and O–H groups in total. The molecule has 2 aliphatic rings. The first-order valence-electron chi connectivity index (χ1n) is 6.08. The van der Waals surface area contributed by atoms with Crippen LogP contribution in [0.4, 0.5) is 4.79 Å². The Kier molecular flexibility index (Phi) is 2.91. The van der Waals surface area contributed by atoms with Crippen LogP contribution in [-0.2, 0) is 0 Å². The molecule has 3 atom stereocenters. The fourth-order valence-electron chi connectivity index (χ4n) is 3.74. The molecule has 4 heteroatoms. The number of nitrogens with one attached hydrogen (secondary N) is 1. The van der Waals surface area contributed by atoms with E-state index < -0.39 is 6.03 Å². The lowest BCUT2D eigenvalue weighted by Gasteiger charge is -2.37. The second-order valence-corrected chi connectivity index (χ2v) is 5.72. The lowest BCUT2D eigenvalue weighted by atomic mass is 9.68. The molecule has 0 aromatic carbocycles. The summed E-state index contributed by atoms with van der Waals surface area (Å²) in [6, 6.07) is -0.594. The third-order valence-electron chi connectivity index (χ3n) is 4.68. The van der Waals surface area contributed by atoms with Crippen LogP contribution in [0.1, 0.15) is 39.5 Å². The van der Waals surface area contributed by atoms with E-state index in [4.69, 9.17) is 5.73 Å². The molecule has 2 rings (SSSR count). The van der Waals surface area contributed by atoms with Crippen molar-refractivity contribution in [3.63, 3.8) is 0 Å². The average Bonchev–Trinajstić information content (AvgIpc) is 2.72. The maximum absolute atomic E-state index is 10.4. The second kappa shape index (κ2) is 4.07. The van der Waals surface area contributed by atoms with Crippen molar-refractivity contribution in [2.45, 2.75) is 39.5 Å². The first-order chi connectivity index (χ1) is 7.51. The normalized spacial score (nSPS) is 35.8. The Morgan fingerprint density at radius 2 is 2.31 bits per heavy atom. The summed E-state index contributed by atoms with van der Waals surface area (Å²) in [5, 5.41) is 3.83. The Labute approximate surface area is 96.7 Å². The topological polar surface area (TPSA) is 67.5 Å². The number of hydrogen-bond acceptors (Lipinski definition) is 2. The van der Waals surface area contributed by atoms with E-state index in [9.17, 15) is 4.79 Å². The van der Waals surface area contributed by atoms with Gasteiger partial charge in [0.2, 0.25) is 0 Å². The third-order valence-corrected chi connectivity index (χ3v) is 4.68. The summed E-state index contributed by atoms with van der Waals surface area (Å²) < 4.78 is 0. The summed E-state index contributed by atoms with van der Waals surface area (Å²) in [4.78, 5) is 10.4. The molecule has 2 aliphatic carbocycles. The van der Waals surface area contributed by atoms with E-state index >= 15 is 0 Å². The minimum absolute atomic E-state index is 0.432. The molecule has 2 bridgehead atoms. The fourth-order valence-corrected chi connectivity index (χ4v) is 3.74. The Bertz CT molecular complexity index is 311. The molecule has 0 saturated heterocycles. The molecule has 2 amide bonds. The van der Waals surface area contributed by atoms with Crippen molar-refractivity contribution >= 4 is 12.2 Å². The Morgan fingerprint density at radius 3 is 2.88 bits per heavy atom. The van der Waals surface area contributed by atoms with Crippen LogP contribution in [0.2, 0.25) is 0 Å². The van der Waals surface area contributed by atoms with E-state index in [1.165, 1.54) is 19.3 Å². The van der Waals surface area contributed by atoms with Gasteiger partial charge in [-0.1, -0.05) is 13.8 Å². The van der Waals surface area contributed by atoms with Gasteiger partial charge in [0.1, 0.15) is 0 Å². The lowest BCUT2D eigenvalue weighted by Crippen LogP contribution is -2.31. The molecule has 0 radical (unpaired) electrons. The third kappa shape index (κ3) is 1.93. The first kappa shape index (κ1) is 11.4. The van der Waals surface area contributed by atoms with Gasteiger partial charge in [-0.3, -0.25) is 0 Å². The van der Waals surface area contributed by atoms with E-state index in [0.717, 1.165) is 18.3 Å². The minimum atomic E-state index is -0.594. The summed E-state index contributed by atoms with van der Waals surface area (Å²) in [6.45, 7) is 4.74. The largest absolute Gasteiger partial charge is 0.350 e. The monoisotopic (exact) mass is 223 g/mol. The zero-order chi connectivity index (χ0) is 11.8. The molecular weight excluding hydrogens is 202 g/mol. The number of urea groups is 1. The standard InChI is InChI=1S/C12H21N3O/c1-12(2)9-4-3-8(7-9)10(12)5-6-14-15-11(13)16/h6,8-10H,3-5,7H2,1-2H3,(H3,13,15,16)/b14-6-/t8-,9+,10+/m1/s1. The molecule has 0 aliphatic heterocycles. The molecule has 90 valence electrons. The van der Waals surface area contributed by atoms with Crippen molar-refractivity contribution in [2.24, 2.45) is 34.0 Å². The van der Waals surface area contributed by atoms with Crippen molar-refractivity contribution in [3.05, 3.63) is 0 Å². The number of hydrogen-bond donors (Lipinski definition) is 2. The number of amides is 2. The quantitative estimate of drug-likeness (QED) is 0.558. The van der Waals surface area contributed by atoms with Crippen LogP contribution in [-0.4, -0.2) is 12.2 Å². The van der Waals surface area contributed by atoms with Gasteiger partial charge in [0.05, 0.1) is 0 Å². The van der Waals surface area contributed by atoms with E-state index in [1.807, 2.05) is 0 Å². The lowest BCUT2D eigenvalue weighted by molar-refractivity contribution is 0.129. The smallest absolute Gasteiger partial charge is 0.332 e. The van der Waals surface area contributed by atoms with Crippen LogP contribution >= 0.6 is 0 Å². The molecule has 4 nitrogen and oxygen atoms in total. The van der Waals surface area contributed by atoms with Gasteiger partial charge in [0.25, 0.3) is 0 Å². The second-order valence-electron chi connectivity index (χ2n) is 5.72. The highest BCUT2D eigenvalue weighted by Crippen LogP contribution is 2.60. The number of nitrogens with zero attached hydrogens (tertiary/aromatic N) is 1. The Hall–Kier alpha value is -1.06. The molecule has 0 unspecified atom stereocenters. The zero-order valence-electron chi connectivity index (χ0n) is 10.1. The summed E-state index contributed by atoms with van der Waals surface area (Å²) in [7, 11) is 0. The number of carbonyl (C=O) groups is 1. The van der Waals surface area contributed by atoms with E-state index in [0.29, 0.717) is 11.3 Å². The Morgan fingerprint density at radius 1 is 1.56 bits per heavy atom. The average molecular weight is 223 g/mol. The van der Waals surface area contributed by atoms with Gasteiger partial charge in [0, 0.05) is 6.21 Å². The maximum atomic E-state index is 10.4. The van der Waals surface area contributed by atoms with Crippen LogP contribution in [0.25, 0.3) is 0 Å². The highest BCUT2D eigenvalue weighted by atomic mass is 16.2. The van der Waals surface area contributed by atoms with Gasteiger partial charge >= 0.3 is 6.03 Å². The van der Waals surface area contributed by atoms with Gasteiger partial charge in [-0.25, -0.2) is 10.2 Å². The summed E-state index contributed by atoms with van der Waals surface area (Å²) >= 11 is 0. The molecular formula is C12H21N3O. The van der Waals surface area contributed by atoms with Gasteiger partial charge < -0.3 is 5.73 Å². The summed E-state index contributed by atoms with van der Waals surface area (Å²) in [5.41, 5.74) is 7.62. The van der Waals surface area contributed by atoms with Gasteiger partial charge in [-0.2, -0.15) is 5.10 Å². The molecule has 2 fully saturated rings. The van der Waals surface area contributed by atoms with Gasteiger partial charge in [-0.05, 0) is 48.9 Å². The van der Waals surface area contributed by atoms with Crippen LogP contribution in [0, 0.1) is 23.2 Å². The zero-order valence-corrected chi connectivity index (χ0v) is 10.1. The van der Waals surface area contributed by atoms with Crippen LogP contribution in [0.5, 0.6) is 0 Å². The molecule has 0 aromatic heterocycles. The molecule has 2 saturated carbocycles. The highest BCUT2D eigenvalue weighted by Gasteiger charge is 2.51. The van der Waals surface area contributed by atoms with Crippen LogP contribution in [0.3, 0.4) is 0 Å². The molecule has 0 spiro atoms. The van der Waals surface area contributed by atoms with E-state index in [1.54, 1.807) is 6.21 Å². The summed E-state index contributed by atoms with van der Waals surface area (Å²) in [5.74, 6) is 2.46. The predicted molar refractivity (Wildman–Crippen MR) is 63.9 cm³/mol. The SMILES string of the molecule is CC1(C)[C@H]2CC[C@H](C2)[C@@H]1C/C=N\NC(N)=O. The minimum Gasteiger partial charge on any atom is -0.350 e. The Balaban J connectivity index is 1.90. The maximum Gasteiger partial charge on any atom is 0.332 e. The van der Waals surface area contributed by atoms with Crippen molar-refractivity contribution in [3.8, 4) is 0 Å².